The lowest BCUT2D eigenvalue weighted by Crippen LogP contribution is -2.36. The molecule has 0 unspecified atom stereocenters. The summed E-state index contributed by atoms with van der Waals surface area (Å²) in [7, 11) is 0. The van der Waals surface area contributed by atoms with Crippen LogP contribution in [0.5, 0.6) is 5.75 Å². The van der Waals surface area contributed by atoms with E-state index in [1.165, 1.54) is 11.1 Å². The number of hydrogen-bond donors (Lipinski definition) is 1. The van der Waals surface area contributed by atoms with E-state index in [9.17, 15) is 4.79 Å². The highest BCUT2D eigenvalue weighted by Crippen LogP contribution is 2.24. The number of nitrogens with one attached hydrogen (secondary N) is 1. The highest BCUT2D eigenvalue weighted by Gasteiger charge is 2.16. The summed E-state index contributed by atoms with van der Waals surface area (Å²) >= 11 is 0. The molecule has 0 saturated heterocycles. The predicted molar refractivity (Wildman–Crippen MR) is 93.8 cm³/mol. The van der Waals surface area contributed by atoms with Crippen molar-refractivity contribution in [1.29, 1.82) is 0 Å². The molecule has 0 aliphatic rings. The Morgan fingerprint density at radius 3 is 2.35 bits per heavy atom. The maximum Gasteiger partial charge on any atom is 0.261 e. The smallest absolute Gasteiger partial charge is 0.261 e. The maximum absolute atomic E-state index is 12.2. The van der Waals surface area contributed by atoms with Crippen LogP contribution in [-0.4, -0.2) is 12.0 Å². The number of benzene rings is 2. The van der Waals surface area contributed by atoms with E-state index in [1.807, 2.05) is 51.1 Å². The molecule has 0 aliphatic carbocycles. The molecule has 1 amide bonds. The van der Waals surface area contributed by atoms with Gasteiger partial charge in [-0.15, -0.1) is 0 Å². The molecular formula is C20H25NO2. The van der Waals surface area contributed by atoms with Gasteiger partial charge in [-0.3, -0.25) is 4.79 Å². The molecular weight excluding hydrogens is 286 g/mol. The second kappa shape index (κ2) is 7.32. The van der Waals surface area contributed by atoms with Crippen LogP contribution >= 0.6 is 0 Å². The Bertz CT molecular complexity index is 690. The Labute approximate surface area is 138 Å². The van der Waals surface area contributed by atoms with Gasteiger partial charge in [0.15, 0.2) is 6.10 Å². The van der Waals surface area contributed by atoms with Gasteiger partial charge in [-0.2, -0.15) is 0 Å². The van der Waals surface area contributed by atoms with Gasteiger partial charge in [0.25, 0.3) is 5.91 Å². The van der Waals surface area contributed by atoms with E-state index in [0.717, 1.165) is 22.4 Å². The van der Waals surface area contributed by atoms with Gasteiger partial charge in [-0.25, -0.2) is 0 Å². The van der Waals surface area contributed by atoms with E-state index in [2.05, 4.69) is 18.3 Å². The van der Waals surface area contributed by atoms with Gasteiger partial charge in [0, 0.05) is 6.54 Å². The Morgan fingerprint density at radius 1 is 1.04 bits per heavy atom. The largest absolute Gasteiger partial charge is 0.481 e. The lowest BCUT2D eigenvalue weighted by Gasteiger charge is -2.18. The lowest BCUT2D eigenvalue weighted by atomic mass is 10.1. The zero-order valence-electron chi connectivity index (χ0n) is 14.6. The third kappa shape index (κ3) is 4.59. The topological polar surface area (TPSA) is 38.3 Å². The fraction of sp³-hybridized carbons (Fsp3) is 0.350. The highest BCUT2D eigenvalue weighted by atomic mass is 16.5. The number of ether oxygens (including phenoxy) is 1. The first kappa shape index (κ1) is 17.1. The quantitative estimate of drug-likeness (QED) is 0.906. The van der Waals surface area contributed by atoms with Gasteiger partial charge in [0.2, 0.25) is 0 Å². The highest BCUT2D eigenvalue weighted by molar-refractivity contribution is 5.80. The van der Waals surface area contributed by atoms with Crippen LogP contribution in [0.1, 0.15) is 34.7 Å². The first-order valence-corrected chi connectivity index (χ1v) is 7.94. The Kier molecular flexibility index (Phi) is 5.43. The molecule has 1 N–H and O–H groups in total. The summed E-state index contributed by atoms with van der Waals surface area (Å²) in [5.41, 5.74) is 5.68. The molecule has 0 bridgehead atoms. The van der Waals surface area contributed by atoms with Crippen molar-refractivity contribution in [1.82, 2.24) is 5.32 Å². The van der Waals surface area contributed by atoms with Gasteiger partial charge in [0.05, 0.1) is 0 Å². The zero-order valence-corrected chi connectivity index (χ0v) is 14.6. The van der Waals surface area contributed by atoms with E-state index in [4.69, 9.17) is 4.74 Å². The van der Waals surface area contributed by atoms with Crippen molar-refractivity contribution >= 4 is 5.91 Å². The number of hydrogen-bond acceptors (Lipinski definition) is 2. The SMILES string of the molecule is Cc1ccc(CNC(=O)[C@@H](C)Oc2cc(C)cc(C)c2C)cc1. The normalized spacial score (nSPS) is 11.9. The van der Waals surface area contributed by atoms with E-state index in [0.29, 0.717) is 6.54 Å². The Morgan fingerprint density at radius 2 is 1.70 bits per heavy atom. The molecule has 0 aromatic heterocycles. The molecule has 0 spiro atoms. The molecule has 23 heavy (non-hydrogen) atoms. The Hall–Kier alpha value is -2.29. The van der Waals surface area contributed by atoms with Crippen molar-refractivity contribution in [3.05, 3.63) is 64.2 Å². The number of carbonyl (C=O) groups excluding carboxylic acids is 1. The van der Waals surface area contributed by atoms with E-state index in [-0.39, 0.29) is 5.91 Å². The van der Waals surface area contributed by atoms with Gasteiger partial charge < -0.3 is 10.1 Å². The summed E-state index contributed by atoms with van der Waals surface area (Å²) < 4.78 is 5.86. The minimum Gasteiger partial charge on any atom is -0.481 e. The van der Waals surface area contributed by atoms with E-state index in [1.54, 1.807) is 6.92 Å². The first-order valence-electron chi connectivity index (χ1n) is 7.94. The second-order valence-electron chi connectivity index (χ2n) is 6.17. The van der Waals surface area contributed by atoms with Crippen LogP contribution in [0.2, 0.25) is 0 Å². The molecule has 2 rings (SSSR count). The van der Waals surface area contributed by atoms with Crippen LogP contribution in [-0.2, 0) is 11.3 Å². The summed E-state index contributed by atoms with van der Waals surface area (Å²) in [6.45, 7) is 10.4. The standard InChI is InChI=1S/C20H25NO2/c1-13-6-8-18(9-7-13)12-21-20(22)17(5)23-19-11-14(2)10-15(3)16(19)4/h6-11,17H,12H2,1-5H3,(H,21,22)/t17-/m1/s1. The van der Waals surface area contributed by atoms with Crippen molar-refractivity contribution in [3.63, 3.8) is 0 Å². The molecule has 1 atom stereocenters. The number of rotatable bonds is 5. The Balaban J connectivity index is 1.96. The molecule has 122 valence electrons. The molecule has 0 radical (unpaired) electrons. The number of amides is 1. The molecule has 3 heteroatoms. The van der Waals surface area contributed by atoms with E-state index >= 15 is 0 Å². The molecule has 0 aliphatic heterocycles. The lowest BCUT2D eigenvalue weighted by molar-refractivity contribution is -0.127. The van der Waals surface area contributed by atoms with Crippen molar-refractivity contribution < 1.29 is 9.53 Å². The van der Waals surface area contributed by atoms with Crippen molar-refractivity contribution in [2.75, 3.05) is 0 Å². The summed E-state index contributed by atoms with van der Waals surface area (Å²) in [4.78, 5) is 12.2. The van der Waals surface area contributed by atoms with Crippen molar-refractivity contribution in [3.8, 4) is 5.75 Å². The fourth-order valence-electron chi connectivity index (χ4n) is 2.41. The number of aryl methyl sites for hydroxylation is 3. The van der Waals surface area contributed by atoms with Crippen molar-refractivity contribution in [2.24, 2.45) is 0 Å². The van der Waals surface area contributed by atoms with Crippen LogP contribution in [0.15, 0.2) is 36.4 Å². The summed E-state index contributed by atoms with van der Waals surface area (Å²) in [6, 6.07) is 12.2. The molecule has 0 saturated carbocycles. The average molecular weight is 311 g/mol. The van der Waals surface area contributed by atoms with Gasteiger partial charge in [0.1, 0.15) is 5.75 Å². The van der Waals surface area contributed by atoms with Gasteiger partial charge in [-0.1, -0.05) is 35.9 Å². The summed E-state index contributed by atoms with van der Waals surface area (Å²) in [6.07, 6.45) is -0.527. The minimum absolute atomic E-state index is 0.107. The third-order valence-electron chi connectivity index (χ3n) is 4.02. The zero-order chi connectivity index (χ0) is 17.0. The number of carbonyl (C=O) groups is 1. The van der Waals surface area contributed by atoms with Crippen LogP contribution in [0.25, 0.3) is 0 Å². The van der Waals surface area contributed by atoms with Crippen LogP contribution < -0.4 is 10.1 Å². The van der Waals surface area contributed by atoms with Crippen LogP contribution in [0, 0.1) is 27.7 Å². The molecule has 2 aromatic rings. The monoisotopic (exact) mass is 311 g/mol. The van der Waals surface area contributed by atoms with Crippen LogP contribution in [0.3, 0.4) is 0 Å². The summed E-state index contributed by atoms with van der Waals surface area (Å²) in [5, 5.41) is 2.92. The summed E-state index contributed by atoms with van der Waals surface area (Å²) in [5.74, 6) is 0.671. The van der Waals surface area contributed by atoms with Gasteiger partial charge >= 0.3 is 0 Å². The molecule has 0 heterocycles. The van der Waals surface area contributed by atoms with Gasteiger partial charge in [-0.05, 0) is 62.9 Å². The predicted octanol–water partition coefficient (Wildman–Crippen LogP) is 4.00. The molecule has 2 aromatic carbocycles. The minimum atomic E-state index is -0.527. The third-order valence-corrected chi connectivity index (χ3v) is 4.02. The molecule has 3 nitrogen and oxygen atoms in total. The maximum atomic E-state index is 12.2. The fourth-order valence-corrected chi connectivity index (χ4v) is 2.41. The van der Waals surface area contributed by atoms with Crippen molar-refractivity contribution in [2.45, 2.75) is 47.3 Å². The second-order valence-corrected chi connectivity index (χ2v) is 6.17. The molecule has 0 fully saturated rings. The first-order chi connectivity index (χ1) is 10.9. The van der Waals surface area contributed by atoms with Crippen LogP contribution in [0.4, 0.5) is 0 Å². The van der Waals surface area contributed by atoms with E-state index < -0.39 is 6.10 Å². The average Bonchev–Trinajstić information content (AvgIpc) is 2.51.